The third kappa shape index (κ3) is 7.28. The maximum absolute atomic E-state index is 14.3. The van der Waals surface area contributed by atoms with Gasteiger partial charge in [-0.05, 0) is 55.3 Å². The molecule has 1 fully saturated rings. The van der Waals surface area contributed by atoms with Gasteiger partial charge in [0.2, 0.25) is 5.91 Å². The smallest absolute Gasteiger partial charge is 0.331 e. The number of amides is 3. The van der Waals surface area contributed by atoms with Crippen molar-refractivity contribution in [2.45, 2.75) is 43.3 Å². The third-order valence-corrected chi connectivity index (χ3v) is 10.2. The highest BCUT2D eigenvalue weighted by Gasteiger charge is 2.32. The molecule has 1 saturated heterocycles. The first-order valence-corrected chi connectivity index (χ1v) is 18.0. The Hall–Kier alpha value is -3.62. The number of fused-ring (bicyclic) bond motifs is 1. The van der Waals surface area contributed by atoms with Crippen molar-refractivity contribution in [3.8, 4) is 11.1 Å². The number of hydrogen-bond donors (Lipinski definition) is 1. The number of sulfone groups is 1. The van der Waals surface area contributed by atoms with Crippen molar-refractivity contribution in [1.29, 1.82) is 0 Å². The highest BCUT2D eigenvalue weighted by atomic mass is 35.5. The second kappa shape index (κ2) is 13.4. The number of carbonyl (C=O) groups excluding carboxylic acids is 2. The van der Waals surface area contributed by atoms with E-state index in [0.29, 0.717) is 38.9 Å². The molecule has 2 aromatic carbocycles. The van der Waals surface area contributed by atoms with E-state index in [1.54, 1.807) is 16.7 Å². The van der Waals surface area contributed by atoms with Gasteiger partial charge in [-0.15, -0.1) is 11.8 Å². The number of anilines is 1. The van der Waals surface area contributed by atoms with E-state index in [1.165, 1.54) is 12.1 Å². The largest absolute Gasteiger partial charge is 0.341 e. The molecule has 2 aliphatic rings. The highest BCUT2D eigenvalue weighted by molar-refractivity contribution is 7.98. The van der Waals surface area contributed by atoms with E-state index in [1.807, 2.05) is 23.3 Å². The Labute approximate surface area is 268 Å². The summed E-state index contributed by atoms with van der Waals surface area (Å²) in [6.45, 7) is 0.367. The average Bonchev–Trinajstić information content (AvgIpc) is 3.17. The van der Waals surface area contributed by atoms with Gasteiger partial charge in [-0.1, -0.05) is 23.7 Å². The van der Waals surface area contributed by atoms with Crippen molar-refractivity contribution < 1.29 is 22.4 Å². The fourth-order valence-corrected chi connectivity index (χ4v) is 6.90. The zero-order valence-electron chi connectivity index (χ0n) is 24.8. The van der Waals surface area contributed by atoms with Gasteiger partial charge in [0.05, 0.1) is 16.3 Å². The Kier molecular flexibility index (Phi) is 9.75. The molecule has 0 unspecified atom stereocenters. The summed E-state index contributed by atoms with van der Waals surface area (Å²) in [5.41, 5.74) is 0.0377. The molecule has 0 aliphatic carbocycles. The lowest BCUT2D eigenvalue weighted by molar-refractivity contribution is -0.133. The zero-order valence-corrected chi connectivity index (χ0v) is 27.2. The molecule has 3 heterocycles. The number of piperidine rings is 1. The minimum absolute atomic E-state index is 0.0133. The van der Waals surface area contributed by atoms with Crippen LogP contribution in [0.25, 0.3) is 11.1 Å². The molecule has 0 saturated carbocycles. The average molecular weight is 678 g/mol. The molecule has 0 bridgehead atoms. The number of likely N-dealkylation sites (tertiary alicyclic amines) is 1. The number of nitrogens with one attached hydrogen (secondary N) is 1. The van der Waals surface area contributed by atoms with Crippen LogP contribution in [0.5, 0.6) is 0 Å². The normalized spacial score (nSPS) is 15.9. The minimum atomic E-state index is -3.54. The Morgan fingerprint density at radius 2 is 1.82 bits per heavy atom. The summed E-state index contributed by atoms with van der Waals surface area (Å²) in [5.74, 6) is -1.66. The summed E-state index contributed by atoms with van der Waals surface area (Å²) in [5, 5.41) is 2.67. The lowest BCUT2D eigenvalue weighted by atomic mass is 10.0. The monoisotopic (exact) mass is 677 g/mol. The van der Waals surface area contributed by atoms with E-state index in [9.17, 15) is 32.0 Å². The van der Waals surface area contributed by atoms with E-state index in [0.717, 1.165) is 43.8 Å². The van der Waals surface area contributed by atoms with Crippen molar-refractivity contribution >= 4 is 50.8 Å². The Bertz CT molecular complexity index is 1870. The highest BCUT2D eigenvalue weighted by Crippen LogP contribution is 2.29. The van der Waals surface area contributed by atoms with Crippen molar-refractivity contribution in [3.63, 3.8) is 0 Å². The third-order valence-electron chi connectivity index (χ3n) is 8.17. The number of carbonyl (C=O) groups is 2. The SMILES string of the molecule is CSc1ccc2c(c1)CCN(C1CCN(C(=O)Cn3cc(-c4cccc(F)c4Cl)c(=O)n(CCS(C)(=O)=O)c3=O)CC1)C(=O)N2. The summed E-state index contributed by atoms with van der Waals surface area (Å²) < 4.78 is 39.7. The first kappa shape index (κ1) is 32.8. The molecular weight excluding hydrogens is 645 g/mol. The van der Waals surface area contributed by atoms with Crippen LogP contribution >= 0.6 is 23.4 Å². The van der Waals surface area contributed by atoms with E-state index in [4.69, 9.17) is 11.6 Å². The first-order valence-electron chi connectivity index (χ1n) is 14.3. The predicted molar refractivity (Wildman–Crippen MR) is 172 cm³/mol. The summed E-state index contributed by atoms with van der Waals surface area (Å²) in [6.07, 6.45) is 5.93. The van der Waals surface area contributed by atoms with Crippen molar-refractivity contribution in [2.24, 2.45) is 0 Å². The lowest BCUT2D eigenvalue weighted by Crippen LogP contribution is -2.51. The number of urea groups is 1. The molecule has 3 amide bonds. The van der Waals surface area contributed by atoms with Crippen LogP contribution in [-0.4, -0.2) is 83.2 Å². The maximum atomic E-state index is 14.3. The first-order chi connectivity index (χ1) is 21.4. The standard InChI is InChI=1S/C30H33ClFN5O6S2/c1-44-21-6-7-25-19(16-21)8-13-36(29(40)33-25)20-9-11-34(12-10-20)26(38)18-35-17-23(22-4-3-5-24(32)27(22)31)28(39)37(30(35)41)14-15-45(2,42)43/h3-7,16-17,20H,8-15,18H2,1-2H3,(H,33,40). The topological polar surface area (TPSA) is 131 Å². The second-order valence-corrected chi connectivity index (χ2v) is 14.7. The van der Waals surface area contributed by atoms with Crippen LogP contribution in [0.3, 0.4) is 0 Å². The summed E-state index contributed by atoms with van der Waals surface area (Å²) in [4.78, 5) is 57.7. The molecule has 3 aromatic rings. The number of halogens is 2. The molecular formula is C30H33ClFN5O6S2. The molecule has 0 spiro atoms. The van der Waals surface area contributed by atoms with Crippen molar-refractivity contribution in [3.05, 3.63) is 79.8 Å². The fourth-order valence-electron chi connectivity index (χ4n) is 5.69. The Morgan fingerprint density at radius 1 is 1.09 bits per heavy atom. The van der Waals surface area contributed by atoms with Crippen LogP contribution < -0.4 is 16.6 Å². The summed E-state index contributed by atoms with van der Waals surface area (Å²) >= 11 is 7.79. The van der Waals surface area contributed by atoms with Gasteiger partial charge >= 0.3 is 11.7 Å². The molecule has 0 atom stereocenters. The molecule has 15 heteroatoms. The summed E-state index contributed by atoms with van der Waals surface area (Å²) in [7, 11) is -3.54. The van der Waals surface area contributed by atoms with Gasteiger partial charge in [0, 0.05) is 60.8 Å². The molecule has 45 heavy (non-hydrogen) atoms. The van der Waals surface area contributed by atoms with Gasteiger partial charge in [0.1, 0.15) is 22.2 Å². The van der Waals surface area contributed by atoms with Gasteiger partial charge in [0.25, 0.3) is 5.56 Å². The Balaban J connectivity index is 1.33. The van der Waals surface area contributed by atoms with Crippen LogP contribution in [0.15, 0.2) is 57.1 Å². The molecule has 5 rings (SSSR count). The van der Waals surface area contributed by atoms with Gasteiger partial charge in [-0.2, -0.15) is 0 Å². The molecule has 1 aromatic heterocycles. The fraction of sp³-hybridized carbons (Fsp3) is 0.400. The number of benzene rings is 2. The maximum Gasteiger partial charge on any atom is 0.331 e. The van der Waals surface area contributed by atoms with E-state index in [-0.39, 0.29) is 28.2 Å². The van der Waals surface area contributed by atoms with Crippen molar-refractivity contribution in [2.75, 3.05) is 43.2 Å². The lowest BCUT2D eigenvalue weighted by Gasteiger charge is -2.38. The number of hydrogen-bond acceptors (Lipinski definition) is 7. The quantitative estimate of drug-likeness (QED) is 0.362. The van der Waals surface area contributed by atoms with E-state index < -0.39 is 51.7 Å². The number of thioether (sulfide) groups is 1. The number of aromatic nitrogens is 2. The zero-order chi connectivity index (χ0) is 32.5. The molecule has 2 aliphatic heterocycles. The van der Waals surface area contributed by atoms with E-state index in [2.05, 4.69) is 11.4 Å². The van der Waals surface area contributed by atoms with Gasteiger partial charge in [0.15, 0.2) is 0 Å². The molecule has 1 N–H and O–H groups in total. The second-order valence-electron chi connectivity index (χ2n) is 11.1. The van der Waals surface area contributed by atoms with Crippen LogP contribution in [0, 0.1) is 5.82 Å². The van der Waals surface area contributed by atoms with Gasteiger partial charge in [-0.25, -0.2) is 22.4 Å². The molecule has 0 radical (unpaired) electrons. The van der Waals surface area contributed by atoms with Crippen LogP contribution in [0.1, 0.15) is 18.4 Å². The number of rotatable bonds is 8. The number of nitrogens with zero attached hydrogens (tertiary/aromatic N) is 4. The van der Waals surface area contributed by atoms with Crippen LogP contribution in [0.4, 0.5) is 14.9 Å². The predicted octanol–water partition coefficient (Wildman–Crippen LogP) is 3.32. The molecule has 11 nitrogen and oxygen atoms in total. The van der Waals surface area contributed by atoms with Crippen LogP contribution in [0.2, 0.25) is 5.02 Å². The van der Waals surface area contributed by atoms with Gasteiger partial charge < -0.3 is 15.1 Å². The van der Waals surface area contributed by atoms with Crippen molar-refractivity contribution in [1.82, 2.24) is 18.9 Å². The minimum Gasteiger partial charge on any atom is -0.341 e. The summed E-state index contributed by atoms with van der Waals surface area (Å²) in [6, 6.07) is 9.60. The van der Waals surface area contributed by atoms with Gasteiger partial charge in [-0.3, -0.25) is 18.7 Å². The molecule has 240 valence electrons. The van der Waals surface area contributed by atoms with Crippen LogP contribution in [-0.2, 0) is 34.1 Å². The Morgan fingerprint density at radius 3 is 2.51 bits per heavy atom. The van der Waals surface area contributed by atoms with E-state index >= 15 is 0 Å².